The molecule has 0 saturated heterocycles. The molecule has 2 aromatic heterocycles. The number of hydrogen-bond acceptors (Lipinski definition) is 5. The number of hydrogen-bond donors (Lipinski definition) is 1. The highest BCUT2D eigenvalue weighted by molar-refractivity contribution is 8.00. The van der Waals surface area contributed by atoms with Gasteiger partial charge in [-0.1, -0.05) is 97.5 Å². The van der Waals surface area contributed by atoms with Crippen molar-refractivity contribution < 1.29 is 4.79 Å². The van der Waals surface area contributed by atoms with Gasteiger partial charge in [0.05, 0.1) is 22.5 Å². The molecule has 0 radical (unpaired) electrons. The van der Waals surface area contributed by atoms with Crippen LogP contribution in [0.5, 0.6) is 0 Å². The molecule has 0 saturated carbocycles. The van der Waals surface area contributed by atoms with E-state index in [0.29, 0.717) is 5.82 Å². The van der Waals surface area contributed by atoms with E-state index in [1.54, 1.807) is 0 Å². The molecule has 0 aliphatic heterocycles. The first-order chi connectivity index (χ1) is 18.6. The lowest BCUT2D eigenvalue weighted by Gasteiger charge is -2.14. The second-order valence-electron chi connectivity index (χ2n) is 9.25. The van der Waals surface area contributed by atoms with Crippen molar-refractivity contribution in [2.45, 2.75) is 44.2 Å². The minimum absolute atomic E-state index is 0.00270. The average Bonchev–Trinajstić information content (AvgIpc) is 3.35. The number of aryl methyl sites for hydroxylation is 2. The highest BCUT2D eigenvalue weighted by Gasteiger charge is 2.21. The van der Waals surface area contributed by atoms with Crippen LogP contribution in [-0.2, 0) is 17.6 Å². The van der Waals surface area contributed by atoms with Crippen LogP contribution in [-0.4, -0.2) is 37.5 Å². The minimum Gasteiger partial charge on any atom is -0.353 e. The molecule has 1 amide bonds. The molecular formula is C31H31N5OS. The third kappa shape index (κ3) is 5.94. The first kappa shape index (κ1) is 25.7. The van der Waals surface area contributed by atoms with Crippen molar-refractivity contribution >= 4 is 28.7 Å². The predicted molar refractivity (Wildman–Crippen MR) is 155 cm³/mol. The molecule has 1 atom stereocenters. The van der Waals surface area contributed by atoms with Crippen molar-refractivity contribution in [2.24, 2.45) is 0 Å². The number of nitrogens with zero attached hydrogens (tertiary/aromatic N) is 4. The van der Waals surface area contributed by atoms with E-state index >= 15 is 0 Å². The lowest BCUT2D eigenvalue weighted by atomic mass is 10.1. The maximum absolute atomic E-state index is 12.9. The van der Waals surface area contributed by atoms with Gasteiger partial charge in [-0.25, -0.2) is 14.6 Å². The van der Waals surface area contributed by atoms with Crippen molar-refractivity contribution in [1.82, 2.24) is 25.1 Å². The Morgan fingerprint density at radius 3 is 2.26 bits per heavy atom. The Labute approximate surface area is 227 Å². The van der Waals surface area contributed by atoms with Crippen LogP contribution in [0.1, 0.15) is 31.5 Å². The number of para-hydroxylation sites is 1. The van der Waals surface area contributed by atoms with Crippen LogP contribution in [0, 0.1) is 0 Å². The number of carbonyl (C=O) groups excluding carboxylic acids is 1. The molecule has 5 aromatic rings. The standard InChI is InChI=1S/C31H31N5OS/c1-3-26-28-30(36(35-26)25-17-11-6-12-18-25)33-29(24-15-9-5-10-16-24)34-31(28)38-21-27(37)32-22(2)19-20-23-13-7-4-8-14-23/h4-18,22H,3,19-21H2,1-2H3,(H,32,37)/t22-/m1/s1. The topological polar surface area (TPSA) is 72.7 Å². The molecule has 5 rings (SSSR count). The second-order valence-corrected chi connectivity index (χ2v) is 10.2. The molecule has 1 N–H and O–H groups in total. The molecule has 3 aromatic carbocycles. The number of amides is 1. The predicted octanol–water partition coefficient (Wildman–Crippen LogP) is 6.27. The van der Waals surface area contributed by atoms with Gasteiger partial charge >= 0.3 is 0 Å². The summed E-state index contributed by atoms with van der Waals surface area (Å²) in [4.78, 5) is 22.8. The van der Waals surface area contributed by atoms with Crippen LogP contribution in [0.4, 0.5) is 0 Å². The van der Waals surface area contributed by atoms with Gasteiger partial charge in [0.2, 0.25) is 5.91 Å². The fraction of sp³-hybridized carbons (Fsp3) is 0.226. The number of thioether (sulfide) groups is 1. The van der Waals surface area contributed by atoms with Crippen LogP contribution in [0.15, 0.2) is 96.0 Å². The molecule has 0 bridgehead atoms. The summed E-state index contributed by atoms with van der Waals surface area (Å²) < 4.78 is 1.89. The van der Waals surface area contributed by atoms with E-state index in [-0.39, 0.29) is 17.7 Å². The quantitative estimate of drug-likeness (QED) is 0.173. The number of aromatic nitrogens is 4. The van der Waals surface area contributed by atoms with Gasteiger partial charge in [-0.15, -0.1) is 0 Å². The lowest BCUT2D eigenvalue weighted by molar-refractivity contribution is -0.119. The van der Waals surface area contributed by atoms with Gasteiger partial charge in [-0.3, -0.25) is 4.79 Å². The second kappa shape index (κ2) is 12.0. The molecule has 2 heterocycles. The van der Waals surface area contributed by atoms with Crippen molar-refractivity contribution in [2.75, 3.05) is 5.75 Å². The molecule has 0 unspecified atom stereocenters. The first-order valence-electron chi connectivity index (χ1n) is 13.0. The summed E-state index contributed by atoms with van der Waals surface area (Å²) in [5.74, 6) is 0.893. The third-order valence-electron chi connectivity index (χ3n) is 6.39. The zero-order valence-electron chi connectivity index (χ0n) is 21.7. The van der Waals surface area contributed by atoms with Gasteiger partial charge in [0.15, 0.2) is 11.5 Å². The van der Waals surface area contributed by atoms with Gasteiger partial charge in [0, 0.05) is 11.6 Å². The normalized spacial score (nSPS) is 11.9. The fourth-order valence-corrected chi connectivity index (χ4v) is 5.28. The molecule has 0 spiro atoms. The fourth-order valence-electron chi connectivity index (χ4n) is 4.42. The van der Waals surface area contributed by atoms with Crippen LogP contribution in [0.25, 0.3) is 28.1 Å². The Kier molecular flexibility index (Phi) is 8.14. The molecule has 0 aliphatic carbocycles. The van der Waals surface area contributed by atoms with Gasteiger partial charge in [0.1, 0.15) is 5.03 Å². The average molecular weight is 522 g/mol. The van der Waals surface area contributed by atoms with Gasteiger partial charge in [0.25, 0.3) is 0 Å². The van der Waals surface area contributed by atoms with Crippen molar-refractivity contribution in [3.63, 3.8) is 0 Å². The Balaban J connectivity index is 1.41. The maximum atomic E-state index is 12.9. The van der Waals surface area contributed by atoms with E-state index in [4.69, 9.17) is 15.1 Å². The van der Waals surface area contributed by atoms with Crippen molar-refractivity contribution in [1.29, 1.82) is 0 Å². The van der Waals surface area contributed by atoms with Gasteiger partial charge < -0.3 is 5.32 Å². The Bertz CT molecular complexity index is 1500. The van der Waals surface area contributed by atoms with E-state index in [1.165, 1.54) is 17.3 Å². The van der Waals surface area contributed by atoms with E-state index in [9.17, 15) is 4.79 Å². The summed E-state index contributed by atoms with van der Waals surface area (Å²) in [6.45, 7) is 4.14. The Hall–Kier alpha value is -3.97. The van der Waals surface area contributed by atoms with Crippen molar-refractivity contribution in [3.8, 4) is 17.1 Å². The number of nitrogens with one attached hydrogen (secondary N) is 1. The van der Waals surface area contributed by atoms with E-state index < -0.39 is 0 Å². The van der Waals surface area contributed by atoms with Gasteiger partial charge in [-0.05, 0) is 43.9 Å². The van der Waals surface area contributed by atoms with E-state index in [0.717, 1.165) is 52.3 Å². The summed E-state index contributed by atoms with van der Waals surface area (Å²) in [6.07, 6.45) is 2.56. The summed E-state index contributed by atoms with van der Waals surface area (Å²) in [7, 11) is 0. The molecule has 0 fully saturated rings. The summed E-state index contributed by atoms with van der Waals surface area (Å²) in [5, 5.41) is 9.74. The number of fused-ring (bicyclic) bond motifs is 1. The highest BCUT2D eigenvalue weighted by atomic mass is 32.2. The molecule has 7 heteroatoms. The number of rotatable bonds is 10. The summed E-state index contributed by atoms with van der Waals surface area (Å²) >= 11 is 1.44. The maximum Gasteiger partial charge on any atom is 0.230 e. The zero-order chi connectivity index (χ0) is 26.3. The van der Waals surface area contributed by atoms with E-state index in [2.05, 4.69) is 31.3 Å². The molecule has 0 aliphatic rings. The molecule has 38 heavy (non-hydrogen) atoms. The Morgan fingerprint density at radius 2 is 1.58 bits per heavy atom. The van der Waals surface area contributed by atoms with Crippen LogP contribution < -0.4 is 5.32 Å². The molecular weight excluding hydrogens is 490 g/mol. The van der Waals surface area contributed by atoms with Crippen molar-refractivity contribution in [3.05, 3.63) is 102 Å². The largest absolute Gasteiger partial charge is 0.353 e. The Morgan fingerprint density at radius 1 is 0.921 bits per heavy atom. The first-order valence-corrected chi connectivity index (χ1v) is 14.0. The molecule has 192 valence electrons. The molecule has 6 nitrogen and oxygen atoms in total. The van der Waals surface area contributed by atoms with E-state index in [1.807, 2.05) is 83.5 Å². The number of carbonyl (C=O) groups is 1. The highest BCUT2D eigenvalue weighted by Crippen LogP contribution is 2.32. The third-order valence-corrected chi connectivity index (χ3v) is 7.37. The smallest absolute Gasteiger partial charge is 0.230 e. The van der Waals surface area contributed by atoms with Crippen LogP contribution in [0.3, 0.4) is 0 Å². The minimum atomic E-state index is -0.00270. The monoisotopic (exact) mass is 521 g/mol. The lowest BCUT2D eigenvalue weighted by Crippen LogP contribution is -2.34. The van der Waals surface area contributed by atoms with Crippen LogP contribution >= 0.6 is 11.8 Å². The summed E-state index contributed by atoms with van der Waals surface area (Å²) in [6, 6.07) is 30.4. The summed E-state index contributed by atoms with van der Waals surface area (Å²) in [5.41, 5.74) is 4.82. The van der Waals surface area contributed by atoms with Crippen LogP contribution in [0.2, 0.25) is 0 Å². The number of benzene rings is 3. The SMILES string of the molecule is CCc1nn(-c2ccccc2)c2nc(-c3ccccc3)nc(SCC(=O)N[C@H](C)CCc3ccccc3)c12. The van der Waals surface area contributed by atoms with Gasteiger partial charge in [-0.2, -0.15) is 5.10 Å². The zero-order valence-corrected chi connectivity index (χ0v) is 22.5.